The second-order valence-electron chi connectivity index (χ2n) is 2.58. The Balaban J connectivity index is 2.97. The molecule has 1 aromatic heterocycles. The first kappa shape index (κ1) is 8.56. The fourth-order valence-electron chi connectivity index (χ4n) is 1.16. The van der Waals surface area contributed by atoms with E-state index in [0.717, 1.165) is 6.07 Å². The average molecular weight is 244 g/mol. The van der Waals surface area contributed by atoms with Crippen LogP contribution < -0.4 is 0 Å². The zero-order chi connectivity index (χ0) is 9.42. The molecule has 0 spiro atoms. The molecule has 0 bridgehead atoms. The van der Waals surface area contributed by atoms with Crippen LogP contribution >= 0.6 is 15.9 Å². The monoisotopic (exact) mass is 243 g/mol. The Morgan fingerprint density at radius 2 is 2.00 bits per heavy atom. The molecule has 13 heavy (non-hydrogen) atoms. The summed E-state index contributed by atoms with van der Waals surface area (Å²) >= 11 is 3.15. The molecule has 0 aliphatic carbocycles. The summed E-state index contributed by atoms with van der Waals surface area (Å²) in [7, 11) is 0. The number of hydrogen-bond acceptors (Lipinski definition) is 1. The van der Waals surface area contributed by atoms with Gasteiger partial charge in [-0.1, -0.05) is 15.9 Å². The van der Waals surface area contributed by atoms with Gasteiger partial charge in [0.15, 0.2) is 11.6 Å². The Kier molecular flexibility index (Phi) is 2.00. The highest BCUT2D eigenvalue weighted by molar-refractivity contribution is 9.10. The predicted octanol–water partition coefficient (Wildman–Crippen LogP) is 3.28. The summed E-state index contributed by atoms with van der Waals surface area (Å²) in [6, 6.07) is 2.74. The quantitative estimate of drug-likeness (QED) is 0.648. The van der Waals surface area contributed by atoms with Crippen molar-refractivity contribution >= 4 is 26.7 Å². The lowest BCUT2D eigenvalue weighted by Crippen LogP contribution is -1.88. The third-order valence-electron chi connectivity index (χ3n) is 1.78. The highest BCUT2D eigenvalue weighted by Crippen LogP contribution is 2.27. The summed E-state index contributed by atoms with van der Waals surface area (Å²) in [5, 5.41) is 0.809. The summed E-state index contributed by atoms with van der Waals surface area (Å²) in [4.78, 5) is 3.73. The minimum atomic E-state index is -0.868. The van der Waals surface area contributed by atoms with Gasteiger partial charge < -0.3 is 0 Å². The van der Waals surface area contributed by atoms with E-state index in [1.807, 2.05) is 0 Å². The van der Waals surface area contributed by atoms with Crippen LogP contribution in [0.5, 0.6) is 0 Å². The van der Waals surface area contributed by atoms with E-state index in [4.69, 9.17) is 0 Å². The topological polar surface area (TPSA) is 12.9 Å². The van der Waals surface area contributed by atoms with E-state index >= 15 is 0 Å². The van der Waals surface area contributed by atoms with Crippen molar-refractivity contribution in [3.63, 3.8) is 0 Å². The van der Waals surface area contributed by atoms with Gasteiger partial charge in [0, 0.05) is 27.6 Å². The molecule has 0 aliphatic rings. The first-order valence-corrected chi connectivity index (χ1v) is 4.36. The van der Waals surface area contributed by atoms with Crippen molar-refractivity contribution in [2.24, 2.45) is 0 Å². The number of hydrogen-bond donors (Lipinski definition) is 0. The summed E-state index contributed by atoms with van der Waals surface area (Å²) in [5.41, 5.74) is 0. The largest absolute Gasteiger partial charge is 0.264 e. The van der Waals surface area contributed by atoms with Crippen LogP contribution in [0.1, 0.15) is 0 Å². The van der Waals surface area contributed by atoms with Crippen molar-refractivity contribution in [3.8, 4) is 0 Å². The van der Waals surface area contributed by atoms with Gasteiger partial charge >= 0.3 is 0 Å². The third-order valence-corrected chi connectivity index (χ3v) is 2.43. The van der Waals surface area contributed by atoms with Crippen LogP contribution in [-0.2, 0) is 0 Å². The average Bonchev–Trinajstić information content (AvgIpc) is 2.15. The second-order valence-corrected chi connectivity index (χ2v) is 3.43. The predicted molar refractivity (Wildman–Crippen MR) is 49.4 cm³/mol. The van der Waals surface area contributed by atoms with Gasteiger partial charge in [0.2, 0.25) is 0 Å². The number of fused-ring (bicyclic) bond motifs is 1. The number of benzene rings is 1. The molecule has 0 saturated carbocycles. The lowest BCUT2D eigenvalue weighted by Gasteiger charge is -2.01. The Morgan fingerprint density at radius 3 is 2.77 bits per heavy atom. The minimum Gasteiger partial charge on any atom is -0.264 e. The van der Waals surface area contributed by atoms with Crippen LogP contribution in [0, 0.1) is 11.6 Å². The van der Waals surface area contributed by atoms with Crippen LogP contribution in [-0.4, -0.2) is 4.98 Å². The molecule has 1 heterocycles. The molecule has 0 fully saturated rings. The van der Waals surface area contributed by atoms with Gasteiger partial charge in [0.25, 0.3) is 0 Å². The van der Waals surface area contributed by atoms with Crippen molar-refractivity contribution in [1.82, 2.24) is 4.98 Å². The van der Waals surface area contributed by atoms with Crippen LogP contribution in [0.15, 0.2) is 29.0 Å². The normalized spacial score (nSPS) is 10.7. The Hall–Kier alpha value is -1.03. The number of halogens is 3. The highest BCUT2D eigenvalue weighted by Gasteiger charge is 2.09. The SMILES string of the molecule is Fc1cc(Br)c2ccncc2c1F. The molecule has 0 unspecified atom stereocenters. The Morgan fingerprint density at radius 1 is 1.23 bits per heavy atom. The first-order valence-electron chi connectivity index (χ1n) is 3.57. The maximum absolute atomic E-state index is 13.1. The van der Waals surface area contributed by atoms with Crippen LogP contribution in [0.4, 0.5) is 8.78 Å². The summed E-state index contributed by atoms with van der Waals surface area (Å²) < 4.78 is 26.6. The summed E-state index contributed by atoms with van der Waals surface area (Å²) in [5.74, 6) is -1.72. The van der Waals surface area contributed by atoms with Crippen molar-refractivity contribution < 1.29 is 8.78 Å². The molecular formula is C9H4BrF2N. The Labute approximate surface area is 81.5 Å². The molecule has 2 aromatic rings. The van der Waals surface area contributed by atoms with Crippen molar-refractivity contribution in [2.45, 2.75) is 0 Å². The molecule has 0 atom stereocenters. The van der Waals surface area contributed by atoms with Gasteiger partial charge in [0.1, 0.15) is 0 Å². The molecule has 0 radical (unpaired) electrons. The zero-order valence-corrected chi connectivity index (χ0v) is 7.98. The second kappa shape index (κ2) is 3.03. The van der Waals surface area contributed by atoms with E-state index in [2.05, 4.69) is 20.9 Å². The summed E-state index contributed by atoms with van der Waals surface area (Å²) in [6.07, 6.45) is 2.84. The van der Waals surface area contributed by atoms with Gasteiger partial charge in [-0.2, -0.15) is 0 Å². The molecule has 66 valence electrons. The van der Waals surface area contributed by atoms with Crippen LogP contribution in [0.2, 0.25) is 0 Å². The molecule has 1 aromatic carbocycles. The molecule has 0 aliphatic heterocycles. The fraction of sp³-hybridized carbons (Fsp3) is 0. The van der Waals surface area contributed by atoms with E-state index in [-0.39, 0.29) is 5.39 Å². The van der Waals surface area contributed by atoms with Crippen molar-refractivity contribution in [2.75, 3.05) is 0 Å². The van der Waals surface area contributed by atoms with Gasteiger partial charge in [-0.05, 0) is 12.1 Å². The summed E-state index contributed by atoms with van der Waals surface area (Å²) in [6.45, 7) is 0. The number of nitrogens with zero attached hydrogens (tertiary/aromatic N) is 1. The van der Waals surface area contributed by atoms with Gasteiger partial charge in [0.05, 0.1) is 0 Å². The molecular weight excluding hydrogens is 240 g/mol. The number of rotatable bonds is 0. The smallest absolute Gasteiger partial charge is 0.168 e. The zero-order valence-electron chi connectivity index (χ0n) is 6.39. The molecule has 2 rings (SSSR count). The molecule has 4 heteroatoms. The minimum absolute atomic E-state index is 0.189. The molecule has 0 saturated heterocycles. The van der Waals surface area contributed by atoms with Crippen molar-refractivity contribution in [1.29, 1.82) is 0 Å². The maximum atomic E-state index is 13.1. The van der Waals surface area contributed by atoms with Gasteiger partial charge in [-0.25, -0.2) is 8.78 Å². The number of aromatic nitrogens is 1. The Bertz CT molecular complexity index is 470. The molecule has 1 nitrogen and oxygen atoms in total. The third kappa shape index (κ3) is 1.31. The van der Waals surface area contributed by atoms with Crippen LogP contribution in [0.25, 0.3) is 10.8 Å². The van der Waals surface area contributed by atoms with Gasteiger partial charge in [-0.15, -0.1) is 0 Å². The molecule has 0 amide bonds. The van der Waals surface area contributed by atoms with Crippen LogP contribution in [0.3, 0.4) is 0 Å². The van der Waals surface area contributed by atoms with E-state index in [9.17, 15) is 8.78 Å². The first-order chi connectivity index (χ1) is 6.20. The highest BCUT2D eigenvalue weighted by atomic mass is 79.9. The van der Waals surface area contributed by atoms with Crippen molar-refractivity contribution in [3.05, 3.63) is 40.6 Å². The van der Waals surface area contributed by atoms with E-state index in [1.165, 1.54) is 12.4 Å². The lowest BCUT2D eigenvalue weighted by atomic mass is 10.2. The standard InChI is InChI=1S/C9H4BrF2N/c10-7-3-8(11)9(12)6-4-13-2-1-5(6)7/h1-4H. The van der Waals surface area contributed by atoms with E-state index < -0.39 is 11.6 Å². The molecule has 0 N–H and O–H groups in total. The van der Waals surface area contributed by atoms with E-state index in [1.54, 1.807) is 6.07 Å². The fourth-order valence-corrected chi connectivity index (χ4v) is 1.71. The lowest BCUT2D eigenvalue weighted by molar-refractivity contribution is 0.516. The maximum Gasteiger partial charge on any atom is 0.168 e. The van der Waals surface area contributed by atoms with Gasteiger partial charge in [-0.3, -0.25) is 4.98 Å². The number of pyridine rings is 1. The van der Waals surface area contributed by atoms with E-state index in [0.29, 0.717) is 9.86 Å².